The Balaban J connectivity index is 0.000000349. The Kier molecular flexibility index (Phi) is 10.8. The molecule has 1 aromatic heterocycles. The van der Waals surface area contributed by atoms with Crippen molar-refractivity contribution < 1.29 is 50.9 Å². The molecule has 3 heterocycles. The number of carbonyl (C=O) groups is 3. The number of likely N-dealkylation sites (N-methyl/N-ethyl adjacent to an activating group) is 1. The Hall–Kier alpha value is -3.73. The number of rotatable bonds is 3. The Morgan fingerprint density at radius 2 is 1.37 bits per heavy atom. The molecule has 2 N–H and O–H groups in total. The summed E-state index contributed by atoms with van der Waals surface area (Å²) in [6, 6.07) is 10.6. The molecule has 0 atom stereocenters. The van der Waals surface area contributed by atoms with E-state index in [9.17, 15) is 31.1 Å². The third kappa shape index (κ3) is 8.63. The van der Waals surface area contributed by atoms with Gasteiger partial charge in [-0.1, -0.05) is 30.3 Å². The maximum absolute atomic E-state index is 12.5. The third-order valence-corrected chi connectivity index (χ3v) is 6.57. The minimum Gasteiger partial charge on any atom is -0.475 e. The summed E-state index contributed by atoms with van der Waals surface area (Å²) in [6.45, 7) is 4.70. The molecule has 0 bridgehead atoms. The second-order valence-corrected chi connectivity index (χ2v) is 9.52. The Labute approximate surface area is 231 Å². The molecule has 0 saturated carbocycles. The number of hydrogen-bond acceptors (Lipinski definition) is 7. The van der Waals surface area contributed by atoms with E-state index in [4.69, 9.17) is 19.8 Å². The van der Waals surface area contributed by atoms with Crippen LogP contribution in [0.2, 0.25) is 0 Å². The lowest BCUT2D eigenvalue weighted by Crippen LogP contribution is -2.56. The quantitative estimate of drug-likeness (QED) is 0.514. The van der Waals surface area contributed by atoms with Gasteiger partial charge in [0, 0.05) is 46.8 Å². The van der Waals surface area contributed by atoms with Crippen molar-refractivity contribution in [2.45, 2.75) is 43.8 Å². The molecule has 41 heavy (non-hydrogen) atoms. The van der Waals surface area contributed by atoms with Gasteiger partial charge in [-0.05, 0) is 25.5 Å². The standard InChI is InChI=1S/C20H28N6O.2C2HF3O2/c1-23(2)18(27)17-21-22-19-20(24(3)13-14-26(17)19)9-11-25(12-10-20)15-16-7-5-4-6-8-16;2*3-2(4,5)1(6)7/h4-8H,9-15H2,1-3H3;2*(H,6,7). The van der Waals surface area contributed by atoms with Gasteiger partial charge in [0.15, 0.2) is 5.82 Å². The second kappa shape index (κ2) is 13.3. The van der Waals surface area contributed by atoms with Gasteiger partial charge in [-0.3, -0.25) is 14.6 Å². The van der Waals surface area contributed by atoms with Crippen LogP contribution in [0.25, 0.3) is 0 Å². The number of aromatic nitrogens is 3. The average molecular weight is 597 g/mol. The van der Waals surface area contributed by atoms with Crippen molar-refractivity contribution in [3.63, 3.8) is 0 Å². The second-order valence-electron chi connectivity index (χ2n) is 9.52. The van der Waals surface area contributed by atoms with Crippen LogP contribution in [-0.2, 0) is 28.2 Å². The van der Waals surface area contributed by atoms with Gasteiger partial charge in [-0.2, -0.15) is 26.3 Å². The van der Waals surface area contributed by atoms with Crippen molar-refractivity contribution >= 4 is 17.8 Å². The highest BCUT2D eigenvalue weighted by atomic mass is 19.4. The van der Waals surface area contributed by atoms with Gasteiger partial charge in [0.25, 0.3) is 5.91 Å². The lowest BCUT2D eigenvalue weighted by molar-refractivity contribution is -0.193. The minimum atomic E-state index is -5.08. The highest BCUT2D eigenvalue weighted by Crippen LogP contribution is 2.40. The molecular formula is C24H30F6N6O5. The van der Waals surface area contributed by atoms with E-state index in [0.29, 0.717) is 5.82 Å². The number of benzene rings is 1. The number of halogens is 6. The molecule has 0 aliphatic carbocycles. The van der Waals surface area contributed by atoms with Crippen molar-refractivity contribution in [2.24, 2.45) is 0 Å². The van der Waals surface area contributed by atoms with Gasteiger partial charge in [0.1, 0.15) is 0 Å². The first-order chi connectivity index (χ1) is 18.9. The van der Waals surface area contributed by atoms with Crippen LogP contribution in [0.15, 0.2) is 30.3 Å². The molecule has 2 aliphatic heterocycles. The average Bonchev–Trinajstić information content (AvgIpc) is 3.32. The Bertz CT molecular complexity index is 1170. The van der Waals surface area contributed by atoms with Crippen LogP contribution in [0.3, 0.4) is 0 Å². The first-order valence-electron chi connectivity index (χ1n) is 12.1. The number of fused-ring (bicyclic) bond motifs is 2. The maximum Gasteiger partial charge on any atom is 0.490 e. The van der Waals surface area contributed by atoms with Crippen molar-refractivity contribution in [3.8, 4) is 0 Å². The molecule has 0 radical (unpaired) electrons. The highest BCUT2D eigenvalue weighted by Gasteiger charge is 2.47. The zero-order valence-electron chi connectivity index (χ0n) is 22.4. The predicted octanol–water partition coefficient (Wildman–Crippen LogP) is 2.68. The molecule has 17 heteroatoms. The molecule has 1 fully saturated rings. The maximum atomic E-state index is 12.5. The number of carboxylic acids is 2. The normalized spacial score (nSPS) is 16.9. The van der Waals surface area contributed by atoms with Crippen LogP contribution in [0.4, 0.5) is 26.3 Å². The van der Waals surface area contributed by atoms with E-state index >= 15 is 0 Å². The summed E-state index contributed by atoms with van der Waals surface area (Å²) in [4.78, 5) is 36.8. The summed E-state index contributed by atoms with van der Waals surface area (Å²) in [5.74, 6) is -4.16. The molecule has 1 saturated heterocycles. The topological polar surface area (TPSA) is 132 Å². The van der Waals surface area contributed by atoms with Crippen LogP contribution in [-0.4, -0.2) is 111 Å². The summed E-state index contributed by atoms with van der Waals surface area (Å²) in [6.07, 6.45) is -8.16. The van der Waals surface area contributed by atoms with Gasteiger partial charge in [-0.15, -0.1) is 10.2 Å². The van der Waals surface area contributed by atoms with Crippen LogP contribution in [0.1, 0.15) is 34.8 Å². The molecule has 4 rings (SSSR count). The highest BCUT2D eigenvalue weighted by molar-refractivity contribution is 5.90. The number of hydrogen-bond donors (Lipinski definition) is 2. The van der Waals surface area contributed by atoms with Gasteiger partial charge in [-0.25, -0.2) is 9.59 Å². The molecule has 1 spiro atoms. The van der Waals surface area contributed by atoms with E-state index < -0.39 is 24.3 Å². The third-order valence-electron chi connectivity index (χ3n) is 6.57. The summed E-state index contributed by atoms with van der Waals surface area (Å²) in [5.41, 5.74) is 1.23. The number of nitrogens with zero attached hydrogens (tertiary/aromatic N) is 6. The first kappa shape index (κ1) is 33.5. The lowest BCUT2D eigenvalue weighted by Gasteiger charge is -2.49. The van der Waals surface area contributed by atoms with Gasteiger partial charge < -0.3 is 19.7 Å². The largest absolute Gasteiger partial charge is 0.490 e. The SMILES string of the molecule is CN(C)C(=O)c1nnc2n1CCN(C)C21CCN(Cc2ccccc2)CC1.O=C(O)C(F)(F)F.O=C(O)C(F)(F)F. The molecule has 0 unspecified atom stereocenters. The van der Waals surface area contributed by atoms with Crippen molar-refractivity contribution in [1.29, 1.82) is 0 Å². The van der Waals surface area contributed by atoms with E-state index in [2.05, 4.69) is 61.9 Å². The van der Waals surface area contributed by atoms with E-state index in [1.54, 1.807) is 19.0 Å². The van der Waals surface area contributed by atoms with Gasteiger partial charge in [0.2, 0.25) is 5.82 Å². The van der Waals surface area contributed by atoms with Crippen molar-refractivity contribution in [3.05, 3.63) is 47.5 Å². The van der Waals surface area contributed by atoms with Crippen LogP contribution >= 0.6 is 0 Å². The minimum absolute atomic E-state index is 0.0741. The van der Waals surface area contributed by atoms with Gasteiger partial charge >= 0.3 is 24.3 Å². The van der Waals surface area contributed by atoms with Crippen LogP contribution < -0.4 is 0 Å². The lowest BCUT2D eigenvalue weighted by atomic mass is 9.83. The summed E-state index contributed by atoms with van der Waals surface area (Å²) >= 11 is 0. The molecule has 2 aromatic rings. The Morgan fingerprint density at radius 1 is 0.878 bits per heavy atom. The number of likely N-dealkylation sites (tertiary alicyclic amines) is 1. The summed E-state index contributed by atoms with van der Waals surface area (Å²) < 4.78 is 65.5. The predicted molar refractivity (Wildman–Crippen MR) is 131 cm³/mol. The molecule has 1 aromatic carbocycles. The van der Waals surface area contributed by atoms with Crippen molar-refractivity contribution in [2.75, 3.05) is 40.8 Å². The van der Waals surface area contributed by atoms with E-state index in [-0.39, 0.29) is 11.4 Å². The van der Waals surface area contributed by atoms with Crippen LogP contribution in [0.5, 0.6) is 0 Å². The van der Waals surface area contributed by atoms with Gasteiger partial charge in [0.05, 0.1) is 5.54 Å². The summed E-state index contributed by atoms with van der Waals surface area (Å²) in [7, 11) is 5.70. The van der Waals surface area contributed by atoms with Crippen LogP contribution in [0, 0.1) is 0 Å². The smallest absolute Gasteiger partial charge is 0.475 e. The van der Waals surface area contributed by atoms with E-state index in [0.717, 1.165) is 51.4 Å². The Morgan fingerprint density at radius 3 is 1.80 bits per heavy atom. The fraction of sp³-hybridized carbons (Fsp3) is 0.542. The zero-order chi connectivity index (χ0) is 31.2. The molecular weight excluding hydrogens is 566 g/mol. The molecule has 1 amide bonds. The number of piperidine rings is 1. The number of aliphatic carboxylic acids is 2. The molecule has 2 aliphatic rings. The monoisotopic (exact) mass is 596 g/mol. The van der Waals surface area contributed by atoms with E-state index in [1.165, 1.54) is 5.56 Å². The fourth-order valence-electron chi connectivity index (χ4n) is 4.38. The molecule has 11 nitrogen and oxygen atoms in total. The van der Waals surface area contributed by atoms with E-state index in [1.807, 2.05) is 0 Å². The van der Waals surface area contributed by atoms with Crippen molar-refractivity contribution in [1.82, 2.24) is 29.5 Å². The summed E-state index contributed by atoms with van der Waals surface area (Å²) in [5, 5.41) is 23.0. The molecule has 228 valence electrons. The zero-order valence-corrected chi connectivity index (χ0v) is 22.4. The number of carboxylic acid groups (broad SMARTS) is 2. The first-order valence-corrected chi connectivity index (χ1v) is 12.1. The number of amides is 1. The number of alkyl halides is 6. The number of carbonyl (C=O) groups excluding carboxylic acids is 1. The fourth-order valence-corrected chi connectivity index (χ4v) is 4.38.